The average molecular weight is 339 g/mol. The maximum atomic E-state index is 11.1. The van der Waals surface area contributed by atoms with Gasteiger partial charge in [0, 0.05) is 12.6 Å². The minimum absolute atomic E-state index is 0.150. The van der Waals surface area contributed by atoms with Crippen LogP contribution < -0.4 is 4.90 Å². The van der Waals surface area contributed by atoms with Crippen molar-refractivity contribution < 1.29 is 9.90 Å². The lowest BCUT2D eigenvalue weighted by molar-refractivity contribution is -0.142. The molecule has 1 N–H and O–H groups in total. The van der Waals surface area contributed by atoms with Gasteiger partial charge in [-0.15, -0.1) is 0 Å². The highest BCUT2D eigenvalue weighted by Gasteiger charge is 2.31. The van der Waals surface area contributed by atoms with E-state index in [-0.39, 0.29) is 12.0 Å². The van der Waals surface area contributed by atoms with Gasteiger partial charge in [-0.05, 0) is 47.8 Å². The quantitative estimate of drug-likeness (QED) is 0.908. The van der Waals surface area contributed by atoms with E-state index >= 15 is 0 Å². The topological polar surface area (TPSA) is 70.7 Å². The molecule has 0 amide bonds. The highest BCUT2D eigenvalue weighted by atomic mass is 79.9. The second-order valence-corrected chi connectivity index (χ2v) is 5.95. The molecule has 1 aliphatic heterocycles. The highest BCUT2D eigenvalue weighted by Crippen LogP contribution is 2.30. The number of aromatic nitrogens is 3. The van der Waals surface area contributed by atoms with Crippen molar-refractivity contribution in [3.05, 3.63) is 23.1 Å². The number of nitrogens with zero attached hydrogens (tertiary/aromatic N) is 4. The SMILES string of the molecule is C[C@H]1C[C@@H](C(=O)O)CCN1c1ncnn2c(Br)ccc12. The maximum absolute atomic E-state index is 11.1. The predicted molar refractivity (Wildman–Crippen MR) is 77.9 cm³/mol. The van der Waals surface area contributed by atoms with Gasteiger partial charge in [0.05, 0.1) is 5.92 Å². The van der Waals surface area contributed by atoms with Gasteiger partial charge in [-0.1, -0.05) is 0 Å². The van der Waals surface area contributed by atoms with E-state index in [9.17, 15) is 4.79 Å². The lowest BCUT2D eigenvalue weighted by Gasteiger charge is -2.37. The standard InChI is InChI=1S/C13H15BrN4O2/c1-8-6-9(13(19)20)4-5-17(8)12-10-2-3-11(14)18(10)16-7-15-12/h2-3,7-9H,4-6H2,1H3,(H,19,20)/t8-,9-/m0/s1. The predicted octanol–water partition coefficient (Wildman–Crippen LogP) is 2.18. The normalized spacial score (nSPS) is 23.2. The minimum Gasteiger partial charge on any atom is -0.481 e. The summed E-state index contributed by atoms with van der Waals surface area (Å²) in [6.45, 7) is 2.75. The van der Waals surface area contributed by atoms with Gasteiger partial charge in [-0.25, -0.2) is 9.50 Å². The molecule has 2 atom stereocenters. The molecule has 1 fully saturated rings. The second kappa shape index (κ2) is 5.05. The number of halogens is 1. The van der Waals surface area contributed by atoms with Crippen LogP contribution >= 0.6 is 15.9 Å². The summed E-state index contributed by atoms with van der Waals surface area (Å²) in [5, 5.41) is 13.3. The Labute approximate surface area is 124 Å². The molecule has 0 radical (unpaired) electrons. The van der Waals surface area contributed by atoms with Crippen LogP contribution in [0.1, 0.15) is 19.8 Å². The summed E-state index contributed by atoms with van der Waals surface area (Å²) >= 11 is 3.45. The van der Waals surface area contributed by atoms with Gasteiger partial charge in [-0.3, -0.25) is 4.79 Å². The van der Waals surface area contributed by atoms with E-state index < -0.39 is 5.97 Å². The molecule has 20 heavy (non-hydrogen) atoms. The smallest absolute Gasteiger partial charge is 0.306 e. The number of carboxylic acids is 1. The van der Waals surface area contributed by atoms with E-state index in [1.54, 1.807) is 4.52 Å². The molecule has 0 aliphatic carbocycles. The fourth-order valence-electron chi connectivity index (χ4n) is 2.82. The van der Waals surface area contributed by atoms with Crippen LogP contribution in [-0.2, 0) is 4.79 Å². The summed E-state index contributed by atoms with van der Waals surface area (Å²) in [5.74, 6) is -0.0885. The van der Waals surface area contributed by atoms with Crippen molar-refractivity contribution >= 4 is 33.2 Å². The molecule has 2 aromatic rings. The molecule has 0 aromatic carbocycles. The van der Waals surface area contributed by atoms with Gasteiger partial charge in [0.1, 0.15) is 16.4 Å². The van der Waals surface area contributed by atoms with Gasteiger partial charge in [0.15, 0.2) is 5.82 Å². The van der Waals surface area contributed by atoms with Crippen molar-refractivity contribution in [3.8, 4) is 0 Å². The number of anilines is 1. The van der Waals surface area contributed by atoms with Crippen LogP contribution in [0.25, 0.3) is 5.52 Å². The molecule has 3 rings (SSSR count). The van der Waals surface area contributed by atoms with Gasteiger partial charge in [0.25, 0.3) is 0 Å². The van der Waals surface area contributed by atoms with E-state index in [0.29, 0.717) is 19.4 Å². The monoisotopic (exact) mass is 338 g/mol. The molecule has 106 valence electrons. The third-order valence-electron chi connectivity index (χ3n) is 3.88. The molecule has 0 saturated carbocycles. The fourth-order valence-corrected chi connectivity index (χ4v) is 3.24. The van der Waals surface area contributed by atoms with Crippen molar-refractivity contribution in [2.45, 2.75) is 25.8 Å². The number of carbonyl (C=O) groups is 1. The summed E-state index contributed by atoms with van der Waals surface area (Å²) in [6.07, 6.45) is 2.83. The van der Waals surface area contributed by atoms with Crippen LogP contribution in [-0.4, -0.2) is 38.3 Å². The summed E-state index contributed by atoms with van der Waals surface area (Å²) in [5.41, 5.74) is 0.931. The Bertz CT molecular complexity index is 657. The highest BCUT2D eigenvalue weighted by molar-refractivity contribution is 9.10. The summed E-state index contributed by atoms with van der Waals surface area (Å²) in [4.78, 5) is 17.7. The Morgan fingerprint density at radius 1 is 1.50 bits per heavy atom. The lowest BCUT2D eigenvalue weighted by atomic mass is 9.92. The van der Waals surface area contributed by atoms with Gasteiger partial charge in [0.2, 0.25) is 0 Å². The van der Waals surface area contributed by atoms with Gasteiger partial charge in [-0.2, -0.15) is 5.10 Å². The van der Waals surface area contributed by atoms with E-state index in [4.69, 9.17) is 5.11 Å². The first-order valence-corrected chi connectivity index (χ1v) is 7.35. The Kier molecular flexibility index (Phi) is 3.37. The van der Waals surface area contributed by atoms with E-state index in [0.717, 1.165) is 15.9 Å². The molecular weight excluding hydrogens is 324 g/mol. The van der Waals surface area contributed by atoms with E-state index in [1.165, 1.54) is 6.33 Å². The average Bonchev–Trinajstić information content (AvgIpc) is 2.81. The van der Waals surface area contributed by atoms with Crippen LogP contribution in [0.4, 0.5) is 5.82 Å². The van der Waals surface area contributed by atoms with E-state index in [1.807, 2.05) is 19.1 Å². The summed E-state index contributed by atoms with van der Waals surface area (Å²) in [7, 11) is 0. The number of hydrogen-bond acceptors (Lipinski definition) is 4. The molecule has 3 heterocycles. The Morgan fingerprint density at radius 3 is 3.00 bits per heavy atom. The Morgan fingerprint density at radius 2 is 2.30 bits per heavy atom. The summed E-state index contributed by atoms with van der Waals surface area (Å²) < 4.78 is 2.67. The second-order valence-electron chi connectivity index (χ2n) is 5.14. The van der Waals surface area contributed by atoms with Crippen molar-refractivity contribution in [2.75, 3.05) is 11.4 Å². The number of carboxylic acid groups (broad SMARTS) is 1. The number of hydrogen-bond donors (Lipinski definition) is 1. The van der Waals surface area contributed by atoms with Crippen LogP contribution in [0.5, 0.6) is 0 Å². The number of fused-ring (bicyclic) bond motifs is 1. The third kappa shape index (κ3) is 2.15. The molecular formula is C13H15BrN4O2. The van der Waals surface area contributed by atoms with Crippen LogP contribution in [0.3, 0.4) is 0 Å². The zero-order valence-corrected chi connectivity index (χ0v) is 12.6. The third-order valence-corrected chi connectivity index (χ3v) is 4.48. The zero-order valence-electron chi connectivity index (χ0n) is 11.0. The van der Waals surface area contributed by atoms with Crippen LogP contribution in [0.2, 0.25) is 0 Å². The lowest BCUT2D eigenvalue weighted by Crippen LogP contribution is -2.43. The number of piperidine rings is 1. The molecule has 0 bridgehead atoms. The molecule has 1 aliphatic rings. The van der Waals surface area contributed by atoms with Gasteiger partial charge >= 0.3 is 5.97 Å². The van der Waals surface area contributed by atoms with Crippen molar-refractivity contribution in [1.82, 2.24) is 14.6 Å². The first-order chi connectivity index (χ1) is 9.58. The first-order valence-electron chi connectivity index (χ1n) is 6.55. The molecule has 0 spiro atoms. The number of rotatable bonds is 2. The number of aliphatic carboxylic acids is 1. The molecule has 6 nitrogen and oxygen atoms in total. The van der Waals surface area contributed by atoms with Crippen LogP contribution in [0, 0.1) is 5.92 Å². The van der Waals surface area contributed by atoms with Gasteiger partial charge < -0.3 is 10.0 Å². The largest absolute Gasteiger partial charge is 0.481 e. The first kappa shape index (κ1) is 13.4. The molecule has 7 heteroatoms. The minimum atomic E-state index is -0.699. The molecule has 0 unspecified atom stereocenters. The maximum Gasteiger partial charge on any atom is 0.306 e. The molecule has 1 saturated heterocycles. The van der Waals surface area contributed by atoms with Crippen molar-refractivity contribution in [1.29, 1.82) is 0 Å². The summed E-state index contributed by atoms with van der Waals surface area (Å²) in [6, 6.07) is 4.05. The van der Waals surface area contributed by atoms with Crippen molar-refractivity contribution in [3.63, 3.8) is 0 Å². The zero-order chi connectivity index (χ0) is 14.3. The molecule has 2 aromatic heterocycles. The van der Waals surface area contributed by atoms with Crippen LogP contribution in [0.15, 0.2) is 23.1 Å². The Balaban J connectivity index is 1.94. The van der Waals surface area contributed by atoms with Crippen molar-refractivity contribution in [2.24, 2.45) is 5.92 Å². The van der Waals surface area contributed by atoms with E-state index in [2.05, 4.69) is 30.9 Å². The fraction of sp³-hybridized carbons (Fsp3) is 0.462. The Hall–Kier alpha value is -1.63.